The van der Waals surface area contributed by atoms with Crippen LogP contribution < -0.4 is 5.32 Å². The van der Waals surface area contributed by atoms with Crippen LogP contribution in [0.25, 0.3) is 0 Å². The predicted octanol–water partition coefficient (Wildman–Crippen LogP) is 3.16. The predicted molar refractivity (Wildman–Crippen MR) is 64.6 cm³/mol. The van der Waals surface area contributed by atoms with Crippen molar-refractivity contribution >= 4 is 11.8 Å². The minimum Gasteiger partial charge on any atom is -0.317 e. The van der Waals surface area contributed by atoms with Gasteiger partial charge in [0.1, 0.15) is 0 Å². The average molecular weight is 203 g/mol. The molecule has 0 heterocycles. The van der Waals surface area contributed by atoms with E-state index in [1.807, 2.05) is 11.8 Å². The van der Waals surface area contributed by atoms with E-state index in [1.165, 1.54) is 38.0 Å². The highest BCUT2D eigenvalue weighted by Gasteiger charge is 2.03. The molecule has 80 valence electrons. The molecular weight excluding hydrogens is 178 g/mol. The quantitative estimate of drug-likeness (QED) is 0.578. The van der Waals surface area contributed by atoms with Crippen molar-refractivity contribution < 1.29 is 0 Å². The Bertz CT molecular complexity index is 96.1. The summed E-state index contributed by atoms with van der Waals surface area (Å²) in [5, 5.41) is 3.37. The Labute approximate surface area is 88.1 Å². The zero-order valence-corrected chi connectivity index (χ0v) is 10.3. The van der Waals surface area contributed by atoms with Crippen LogP contribution in [0.5, 0.6) is 0 Å². The maximum Gasteiger partial charge on any atom is -0.00420 e. The van der Waals surface area contributed by atoms with Crippen molar-refractivity contribution in [2.24, 2.45) is 5.92 Å². The van der Waals surface area contributed by atoms with Crippen LogP contribution in [-0.2, 0) is 0 Å². The third-order valence-corrected chi connectivity index (χ3v) is 3.25. The van der Waals surface area contributed by atoms with Crippen LogP contribution in [-0.4, -0.2) is 25.1 Å². The molecule has 1 N–H and O–H groups in total. The third-order valence-electron chi connectivity index (χ3n) is 2.45. The van der Waals surface area contributed by atoms with Crippen LogP contribution in [0.4, 0.5) is 0 Å². The lowest BCUT2D eigenvalue weighted by molar-refractivity contribution is 0.485. The fourth-order valence-electron chi connectivity index (χ4n) is 1.50. The lowest BCUT2D eigenvalue weighted by Gasteiger charge is -2.12. The molecule has 0 rings (SSSR count). The van der Waals surface area contributed by atoms with Crippen LogP contribution >= 0.6 is 11.8 Å². The summed E-state index contributed by atoms with van der Waals surface area (Å²) < 4.78 is 0. The first-order chi connectivity index (χ1) is 6.35. The molecule has 2 heteroatoms. The van der Waals surface area contributed by atoms with Gasteiger partial charge in [0.05, 0.1) is 0 Å². The molecular formula is C11H25NS. The van der Waals surface area contributed by atoms with Crippen molar-refractivity contribution in [3.05, 3.63) is 0 Å². The van der Waals surface area contributed by atoms with Gasteiger partial charge in [0, 0.05) is 0 Å². The Morgan fingerprint density at radius 2 is 2.00 bits per heavy atom. The summed E-state index contributed by atoms with van der Waals surface area (Å²) in [6.45, 7) is 6.79. The van der Waals surface area contributed by atoms with Gasteiger partial charge in [-0.05, 0) is 43.9 Å². The molecule has 0 spiro atoms. The van der Waals surface area contributed by atoms with Crippen molar-refractivity contribution in [1.29, 1.82) is 0 Å². The molecule has 0 aliphatic carbocycles. The van der Waals surface area contributed by atoms with Crippen molar-refractivity contribution in [3.63, 3.8) is 0 Å². The summed E-state index contributed by atoms with van der Waals surface area (Å²) in [6, 6.07) is 0. The van der Waals surface area contributed by atoms with E-state index in [4.69, 9.17) is 0 Å². The SMILES string of the molecule is CCNCCCCC(CC)CSC. The second-order valence-electron chi connectivity index (χ2n) is 3.58. The van der Waals surface area contributed by atoms with E-state index >= 15 is 0 Å². The molecule has 0 aromatic rings. The standard InChI is InChI=1S/C11H25NS/c1-4-11(10-13-3)8-6-7-9-12-5-2/h11-12H,4-10H2,1-3H3. The first-order valence-corrected chi connectivity index (χ1v) is 6.94. The van der Waals surface area contributed by atoms with Crippen molar-refractivity contribution in [3.8, 4) is 0 Å². The van der Waals surface area contributed by atoms with Gasteiger partial charge in [-0.15, -0.1) is 0 Å². The maximum atomic E-state index is 3.37. The van der Waals surface area contributed by atoms with Gasteiger partial charge in [-0.2, -0.15) is 11.8 Å². The molecule has 1 atom stereocenters. The van der Waals surface area contributed by atoms with Crippen LogP contribution in [0, 0.1) is 5.92 Å². The zero-order valence-electron chi connectivity index (χ0n) is 9.44. The Morgan fingerprint density at radius 1 is 1.23 bits per heavy atom. The summed E-state index contributed by atoms with van der Waals surface area (Å²) in [4.78, 5) is 0. The molecule has 0 fully saturated rings. The lowest BCUT2D eigenvalue weighted by Crippen LogP contribution is -2.14. The fourth-order valence-corrected chi connectivity index (χ4v) is 2.37. The highest BCUT2D eigenvalue weighted by molar-refractivity contribution is 7.98. The summed E-state index contributed by atoms with van der Waals surface area (Å²) in [6.07, 6.45) is 7.72. The minimum absolute atomic E-state index is 0.955. The van der Waals surface area contributed by atoms with Gasteiger partial charge in [0.15, 0.2) is 0 Å². The Kier molecular flexibility index (Phi) is 10.6. The normalized spacial score (nSPS) is 13.2. The highest BCUT2D eigenvalue weighted by atomic mass is 32.2. The minimum atomic E-state index is 0.955. The van der Waals surface area contributed by atoms with E-state index in [2.05, 4.69) is 25.4 Å². The molecule has 0 aliphatic rings. The second kappa shape index (κ2) is 10.4. The van der Waals surface area contributed by atoms with Crippen LogP contribution in [0.1, 0.15) is 39.5 Å². The number of hydrogen-bond acceptors (Lipinski definition) is 2. The first kappa shape index (κ1) is 13.3. The Hall–Kier alpha value is 0.310. The molecule has 0 saturated heterocycles. The zero-order chi connectivity index (χ0) is 9.94. The van der Waals surface area contributed by atoms with Gasteiger partial charge in [0.2, 0.25) is 0 Å². The molecule has 0 amide bonds. The van der Waals surface area contributed by atoms with Gasteiger partial charge >= 0.3 is 0 Å². The summed E-state index contributed by atoms with van der Waals surface area (Å²) in [5.41, 5.74) is 0. The number of nitrogens with one attached hydrogen (secondary N) is 1. The third kappa shape index (κ3) is 8.63. The summed E-state index contributed by atoms with van der Waals surface area (Å²) in [5.74, 6) is 2.30. The molecule has 0 bridgehead atoms. The van der Waals surface area contributed by atoms with Crippen molar-refractivity contribution in [1.82, 2.24) is 5.32 Å². The van der Waals surface area contributed by atoms with Gasteiger partial charge in [-0.25, -0.2) is 0 Å². The van der Waals surface area contributed by atoms with E-state index in [9.17, 15) is 0 Å². The molecule has 0 aromatic carbocycles. The molecule has 0 aromatic heterocycles. The summed E-state index contributed by atoms with van der Waals surface area (Å²) in [7, 11) is 0. The highest BCUT2D eigenvalue weighted by Crippen LogP contribution is 2.16. The van der Waals surface area contributed by atoms with Crippen molar-refractivity contribution in [2.45, 2.75) is 39.5 Å². The van der Waals surface area contributed by atoms with Gasteiger partial charge in [-0.1, -0.05) is 26.7 Å². The number of hydrogen-bond donors (Lipinski definition) is 1. The molecule has 0 aliphatic heterocycles. The smallest absolute Gasteiger partial charge is 0.00420 e. The monoisotopic (exact) mass is 203 g/mol. The van der Waals surface area contributed by atoms with Gasteiger partial charge in [-0.3, -0.25) is 0 Å². The van der Waals surface area contributed by atoms with Crippen LogP contribution in [0.3, 0.4) is 0 Å². The number of rotatable bonds is 9. The molecule has 1 nitrogen and oxygen atoms in total. The average Bonchev–Trinajstić information content (AvgIpc) is 2.16. The van der Waals surface area contributed by atoms with Crippen LogP contribution in [0.2, 0.25) is 0 Å². The van der Waals surface area contributed by atoms with Crippen LogP contribution in [0.15, 0.2) is 0 Å². The van der Waals surface area contributed by atoms with Crippen molar-refractivity contribution in [2.75, 3.05) is 25.1 Å². The van der Waals surface area contributed by atoms with E-state index in [-0.39, 0.29) is 0 Å². The molecule has 13 heavy (non-hydrogen) atoms. The second-order valence-corrected chi connectivity index (χ2v) is 4.49. The van der Waals surface area contributed by atoms with Gasteiger partial charge in [0.25, 0.3) is 0 Å². The number of thioether (sulfide) groups is 1. The topological polar surface area (TPSA) is 12.0 Å². The van der Waals surface area contributed by atoms with E-state index in [0.29, 0.717) is 0 Å². The molecule has 0 radical (unpaired) electrons. The molecule has 0 saturated carbocycles. The van der Waals surface area contributed by atoms with E-state index in [0.717, 1.165) is 12.5 Å². The van der Waals surface area contributed by atoms with Gasteiger partial charge < -0.3 is 5.32 Å². The Balaban J connectivity index is 3.17. The fraction of sp³-hybridized carbons (Fsp3) is 1.00. The first-order valence-electron chi connectivity index (χ1n) is 5.54. The largest absolute Gasteiger partial charge is 0.317 e. The molecule has 1 unspecified atom stereocenters. The Morgan fingerprint density at radius 3 is 2.54 bits per heavy atom. The number of unbranched alkanes of at least 4 members (excludes halogenated alkanes) is 1. The van der Waals surface area contributed by atoms with E-state index in [1.54, 1.807) is 0 Å². The van der Waals surface area contributed by atoms with E-state index < -0.39 is 0 Å². The maximum absolute atomic E-state index is 3.37. The lowest BCUT2D eigenvalue weighted by atomic mass is 10.0. The summed E-state index contributed by atoms with van der Waals surface area (Å²) >= 11 is 1.99.